The molecule has 92 valence electrons. The number of benzene rings is 2. The summed E-state index contributed by atoms with van der Waals surface area (Å²) in [7, 11) is 0. The van der Waals surface area contributed by atoms with E-state index in [1.165, 1.54) is 0 Å². The second kappa shape index (κ2) is 5.94. The maximum atomic E-state index is 6.03. The van der Waals surface area contributed by atoms with E-state index >= 15 is 0 Å². The number of hydrogen-bond donors (Lipinski definition) is 0. The number of nitrogens with zero attached hydrogens (tertiary/aromatic N) is 1. The van der Waals surface area contributed by atoms with Gasteiger partial charge in [-0.15, -0.1) is 0 Å². The number of aliphatic imine (C=N–C) groups is 1. The van der Waals surface area contributed by atoms with Crippen molar-refractivity contribution in [3.63, 3.8) is 0 Å². The van der Waals surface area contributed by atoms with Crippen LogP contribution in [0.25, 0.3) is 0 Å². The summed E-state index contributed by atoms with van der Waals surface area (Å²) in [6.07, 6.45) is 1.62. The van der Waals surface area contributed by atoms with Crippen molar-refractivity contribution in [2.75, 3.05) is 0 Å². The summed E-state index contributed by atoms with van der Waals surface area (Å²) >= 11 is 23.8. The van der Waals surface area contributed by atoms with Gasteiger partial charge in [0.25, 0.3) is 0 Å². The molecule has 5 heteroatoms. The topological polar surface area (TPSA) is 12.4 Å². The fraction of sp³-hybridized carbons (Fsp3) is 0. The maximum absolute atomic E-state index is 6.03. The molecule has 2 rings (SSSR count). The average Bonchev–Trinajstić information content (AvgIpc) is 2.33. The molecule has 0 aliphatic carbocycles. The summed E-state index contributed by atoms with van der Waals surface area (Å²) in [5.41, 5.74) is 1.35. The molecular weight excluding hydrogens is 312 g/mol. The highest BCUT2D eigenvalue weighted by Crippen LogP contribution is 2.31. The summed E-state index contributed by atoms with van der Waals surface area (Å²) in [6, 6.07) is 10.4. The SMILES string of the molecule is Clc1ccc(C=Nc2cccc(Cl)c2Cl)c(Cl)c1. The van der Waals surface area contributed by atoms with Gasteiger partial charge in [-0.25, -0.2) is 0 Å². The Morgan fingerprint density at radius 1 is 0.889 bits per heavy atom. The van der Waals surface area contributed by atoms with E-state index in [4.69, 9.17) is 46.4 Å². The Kier molecular flexibility index (Phi) is 4.52. The van der Waals surface area contributed by atoms with Gasteiger partial charge in [0.05, 0.1) is 20.8 Å². The van der Waals surface area contributed by atoms with Crippen molar-refractivity contribution in [3.8, 4) is 0 Å². The molecule has 0 N–H and O–H groups in total. The van der Waals surface area contributed by atoms with Gasteiger partial charge < -0.3 is 0 Å². The molecule has 0 aliphatic heterocycles. The van der Waals surface area contributed by atoms with E-state index in [1.54, 1.807) is 42.6 Å². The van der Waals surface area contributed by atoms with Crippen LogP contribution in [0.15, 0.2) is 41.4 Å². The average molecular weight is 319 g/mol. The first-order valence-electron chi connectivity index (χ1n) is 5.01. The molecule has 2 aromatic carbocycles. The molecule has 0 saturated heterocycles. The molecule has 0 heterocycles. The zero-order valence-corrected chi connectivity index (χ0v) is 12.0. The molecule has 2 aromatic rings. The van der Waals surface area contributed by atoms with Crippen LogP contribution >= 0.6 is 46.4 Å². The molecule has 0 radical (unpaired) electrons. The van der Waals surface area contributed by atoms with Crippen LogP contribution in [0.2, 0.25) is 20.1 Å². The molecule has 0 spiro atoms. The van der Waals surface area contributed by atoms with Gasteiger partial charge in [-0.2, -0.15) is 0 Å². The van der Waals surface area contributed by atoms with Gasteiger partial charge >= 0.3 is 0 Å². The van der Waals surface area contributed by atoms with Crippen LogP contribution in [0.1, 0.15) is 5.56 Å². The van der Waals surface area contributed by atoms with Crippen molar-refractivity contribution in [2.45, 2.75) is 0 Å². The van der Waals surface area contributed by atoms with Crippen molar-refractivity contribution < 1.29 is 0 Å². The minimum absolute atomic E-state index is 0.417. The molecule has 0 unspecified atom stereocenters. The summed E-state index contributed by atoms with van der Waals surface area (Å²) in [5, 5.41) is 2.00. The zero-order chi connectivity index (χ0) is 13.1. The van der Waals surface area contributed by atoms with Gasteiger partial charge in [0.1, 0.15) is 0 Å². The molecule has 0 aromatic heterocycles. The lowest BCUT2D eigenvalue weighted by atomic mass is 10.2. The first-order valence-corrected chi connectivity index (χ1v) is 6.52. The van der Waals surface area contributed by atoms with E-state index < -0.39 is 0 Å². The van der Waals surface area contributed by atoms with Crippen molar-refractivity contribution in [2.24, 2.45) is 4.99 Å². The summed E-state index contributed by atoms with van der Waals surface area (Å²) in [6.45, 7) is 0. The fourth-order valence-corrected chi connectivity index (χ4v) is 2.14. The lowest BCUT2D eigenvalue weighted by Gasteiger charge is -2.01. The van der Waals surface area contributed by atoms with E-state index in [2.05, 4.69) is 4.99 Å². The summed E-state index contributed by atoms with van der Waals surface area (Å²) in [5.74, 6) is 0. The Bertz CT molecular complexity index is 608. The summed E-state index contributed by atoms with van der Waals surface area (Å²) in [4.78, 5) is 4.26. The second-order valence-corrected chi connectivity index (χ2v) is 5.13. The van der Waals surface area contributed by atoms with E-state index in [-0.39, 0.29) is 0 Å². The van der Waals surface area contributed by atoms with Crippen molar-refractivity contribution >= 4 is 58.3 Å². The zero-order valence-electron chi connectivity index (χ0n) is 9.00. The predicted molar refractivity (Wildman–Crippen MR) is 80.2 cm³/mol. The standard InChI is InChI=1S/C13H7Cl4N/c14-9-5-4-8(11(16)6-9)7-18-12-3-1-2-10(15)13(12)17/h1-7H. The number of hydrogen-bond acceptors (Lipinski definition) is 1. The van der Waals surface area contributed by atoms with Crippen LogP contribution in [0, 0.1) is 0 Å². The number of halogens is 4. The van der Waals surface area contributed by atoms with Gasteiger partial charge in [-0.05, 0) is 24.3 Å². The third kappa shape index (κ3) is 3.18. The van der Waals surface area contributed by atoms with Gasteiger partial charge in [0.2, 0.25) is 0 Å². The Hall–Kier alpha value is -0.730. The van der Waals surface area contributed by atoms with E-state index in [0.29, 0.717) is 25.8 Å². The Labute approximate surface area is 125 Å². The Morgan fingerprint density at radius 3 is 2.39 bits per heavy atom. The highest BCUT2D eigenvalue weighted by Gasteiger charge is 2.03. The molecule has 0 atom stereocenters. The monoisotopic (exact) mass is 317 g/mol. The number of rotatable bonds is 2. The summed E-state index contributed by atoms with van der Waals surface area (Å²) < 4.78 is 0. The van der Waals surface area contributed by atoms with Gasteiger partial charge in [0.15, 0.2) is 0 Å². The molecule has 0 saturated carbocycles. The van der Waals surface area contributed by atoms with E-state index in [9.17, 15) is 0 Å². The predicted octanol–water partition coefficient (Wildman–Crippen LogP) is 6.05. The molecule has 1 nitrogen and oxygen atoms in total. The van der Waals surface area contributed by atoms with Gasteiger partial charge in [0, 0.05) is 16.8 Å². The van der Waals surface area contributed by atoms with Crippen molar-refractivity contribution in [3.05, 3.63) is 62.1 Å². The molecule has 0 fully saturated rings. The van der Waals surface area contributed by atoms with Crippen LogP contribution in [0.3, 0.4) is 0 Å². The first-order chi connectivity index (χ1) is 8.58. The molecule has 0 aliphatic rings. The van der Waals surface area contributed by atoms with Crippen LogP contribution in [-0.4, -0.2) is 6.21 Å². The highest BCUT2D eigenvalue weighted by molar-refractivity contribution is 6.43. The molecule has 0 bridgehead atoms. The van der Waals surface area contributed by atoms with Crippen molar-refractivity contribution in [1.29, 1.82) is 0 Å². The molecular formula is C13H7Cl4N. The normalized spacial score (nSPS) is 11.1. The lowest BCUT2D eigenvalue weighted by Crippen LogP contribution is -1.82. The van der Waals surface area contributed by atoms with Gasteiger partial charge in [-0.1, -0.05) is 58.5 Å². The lowest BCUT2D eigenvalue weighted by molar-refractivity contribution is 1.52. The quantitative estimate of drug-likeness (QED) is 0.597. The Morgan fingerprint density at radius 2 is 1.67 bits per heavy atom. The fourth-order valence-electron chi connectivity index (χ4n) is 1.34. The van der Waals surface area contributed by atoms with Gasteiger partial charge in [-0.3, -0.25) is 4.99 Å². The van der Waals surface area contributed by atoms with Crippen LogP contribution in [0.5, 0.6) is 0 Å². The molecule has 18 heavy (non-hydrogen) atoms. The third-order valence-corrected chi connectivity index (χ3v) is 3.61. The minimum Gasteiger partial charge on any atom is -0.255 e. The van der Waals surface area contributed by atoms with E-state index in [0.717, 1.165) is 5.56 Å². The largest absolute Gasteiger partial charge is 0.255 e. The third-order valence-electron chi connectivity index (χ3n) is 2.24. The highest BCUT2D eigenvalue weighted by atomic mass is 35.5. The van der Waals surface area contributed by atoms with E-state index in [1.807, 2.05) is 0 Å². The van der Waals surface area contributed by atoms with Crippen LogP contribution in [-0.2, 0) is 0 Å². The molecule has 0 amide bonds. The minimum atomic E-state index is 0.417. The Balaban J connectivity index is 2.33. The first kappa shape index (κ1) is 13.7. The smallest absolute Gasteiger partial charge is 0.0848 e. The van der Waals surface area contributed by atoms with Crippen LogP contribution in [0.4, 0.5) is 5.69 Å². The second-order valence-electron chi connectivity index (χ2n) is 3.50. The van der Waals surface area contributed by atoms with Crippen LogP contribution < -0.4 is 0 Å². The maximum Gasteiger partial charge on any atom is 0.0848 e. The van der Waals surface area contributed by atoms with Crippen molar-refractivity contribution in [1.82, 2.24) is 0 Å².